The zero-order valence-electron chi connectivity index (χ0n) is 33.2. The third kappa shape index (κ3) is 8.96. The van der Waals surface area contributed by atoms with Gasteiger partial charge in [-0.25, -0.2) is 4.79 Å². The Morgan fingerprint density at radius 1 is 0.836 bits per heavy atom. The number of hydrogen-bond acceptors (Lipinski definition) is 8. The predicted octanol–water partition coefficient (Wildman–Crippen LogP) is 9.05. The van der Waals surface area contributed by atoms with Crippen LogP contribution in [0.5, 0.6) is 11.5 Å². The molecule has 1 aliphatic heterocycles. The van der Waals surface area contributed by atoms with E-state index in [4.69, 9.17) is 14.2 Å². The average Bonchev–Trinajstić information content (AvgIpc) is 3.51. The highest BCUT2D eigenvalue weighted by Crippen LogP contribution is 2.39. The Kier molecular flexibility index (Phi) is 12.3. The minimum Gasteiger partial charge on any atom is -0.480 e. The number of Topliss-reactive ketones (excluding diaryl/α,β-unsaturated/α-hetero) is 1. The summed E-state index contributed by atoms with van der Waals surface area (Å²) in [7, 11) is 1.29. The minimum atomic E-state index is -1.16. The molecule has 0 radical (unpaired) electrons. The molecule has 2 atom stereocenters. The molecule has 5 rings (SSSR count). The van der Waals surface area contributed by atoms with Crippen LogP contribution in [-0.4, -0.2) is 48.6 Å². The van der Waals surface area contributed by atoms with Gasteiger partial charge in [-0.1, -0.05) is 72.7 Å². The van der Waals surface area contributed by atoms with E-state index in [1.807, 2.05) is 13.0 Å². The fourth-order valence-electron chi connectivity index (χ4n) is 6.13. The Balaban J connectivity index is 1.38. The predicted molar refractivity (Wildman–Crippen MR) is 216 cm³/mol. The number of ether oxygens (including phenoxy) is 3. The lowest BCUT2D eigenvalue weighted by atomic mass is 9.76. The molecule has 1 N–H and O–H groups in total. The third-order valence-corrected chi connectivity index (χ3v) is 10.6. The van der Waals surface area contributed by atoms with E-state index in [-0.39, 0.29) is 33.8 Å². The topological polar surface area (TPSA) is 124 Å². The van der Waals surface area contributed by atoms with Crippen LogP contribution < -0.4 is 19.8 Å². The second kappa shape index (κ2) is 16.7. The summed E-state index contributed by atoms with van der Waals surface area (Å²) in [6.07, 6.45) is 0.442. The largest absolute Gasteiger partial charge is 0.480 e. The van der Waals surface area contributed by atoms with Gasteiger partial charge in [-0.2, -0.15) is 10.1 Å². The molecule has 1 heterocycles. The van der Waals surface area contributed by atoms with E-state index in [1.165, 1.54) is 24.6 Å². The van der Waals surface area contributed by atoms with Crippen LogP contribution in [-0.2, 0) is 25.2 Å². The molecule has 1 aliphatic rings. The Morgan fingerprint density at radius 2 is 1.51 bits per heavy atom. The van der Waals surface area contributed by atoms with Crippen LogP contribution in [0, 0.1) is 0 Å². The summed E-state index contributed by atoms with van der Waals surface area (Å²) in [5.41, 5.74) is 4.68. The van der Waals surface area contributed by atoms with Crippen molar-refractivity contribution in [2.45, 2.75) is 97.7 Å². The van der Waals surface area contributed by atoms with Crippen molar-refractivity contribution in [2.24, 2.45) is 5.10 Å². The van der Waals surface area contributed by atoms with Gasteiger partial charge in [0.2, 0.25) is 6.10 Å². The van der Waals surface area contributed by atoms with E-state index in [0.717, 1.165) is 18.4 Å². The van der Waals surface area contributed by atoms with Crippen molar-refractivity contribution in [3.05, 3.63) is 119 Å². The number of rotatable bonds is 15. The van der Waals surface area contributed by atoms with E-state index in [2.05, 4.69) is 64.1 Å². The molecule has 0 saturated heterocycles. The number of methoxy groups -OCH3 is 1. The number of hydrazone groups is 1. The van der Waals surface area contributed by atoms with Crippen LogP contribution in [0.1, 0.15) is 112 Å². The van der Waals surface area contributed by atoms with E-state index < -0.39 is 24.1 Å². The van der Waals surface area contributed by atoms with Crippen molar-refractivity contribution in [1.82, 2.24) is 0 Å². The number of carbonyl (C=O) groups is 4. The molecular weight excluding hydrogens is 695 g/mol. The first kappa shape index (κ1) is 40.4. The van der Waals surface area contributed by atoms with E-state index in [0.29, 0.717) is 40.4 Å². The summed E-state index contributed by atoms with van der Waals surface area (Å²) < 4.78 is 17.5. The van der Waals surface area contributed by atoms with Crippen molar-refractivity contribution in [2.75, 3.05) is 17.4 Å². The lowest BCUT2D eigenvalue weighted by molar-refractivity contribution is -0.123. The monoisotopic (exact) mass is 745 g/mol. The van der Waals surface area contributed by atoms with Crippen LogP contribution >= 0.6 is 0 Å². The molecule has 4 aromatic carbocycles. The summed E-state index contributed by atoms with van der Waals surface area (Å²) in [4.78, 5) is 51.8. The number of anilines is 2. The fraction of sp³-hybridized carbons (Fsp3) is 0.356. The summed E-state index contributed by atoms with van der Waals surface area (Å²) in [5, 5.41) is 8.87. The Hall–Kier alpha value is -5.77. The van der Waals surface area contributed by atoms with Crippen LogP contribution in [0.25, 0.3) is 0 Å². The average molecular weight is 746 g/mol. The molecule has 0 saturated carbocycles. The molecule has 0 aliphatic carbocycles. The van der Waals surface area contributed by atoms with Crippen molar-refractivity contribution < 1.29 is 33.4 Å². The van der Waals surface area contributed by atoms with Gasteiger partial charge >= 0.3 is 5.97 Å². The number of nitrogens with one attached hydrogen (secondary N) is 1. The maximum absolute atomic E-state index is 14.0. The Labute approximate surface area is 323 Å². The lowest BCUT2D eigenvalue weighted by Gasteiger charge is -2.31. The SMILES string of the molecule is CCC(Oc1ccc(C(C)(C)CC)cc1C(C)(C)CC)C(=O)Nc1ccc(N2N=C(c3cccc(C(=O)OC)c3)C(Oc3ccc(C(C)=O)cc3)C2=O)cc1. The Morgan fingerprint density at radius 3 is 2.11 bits per heavy atom. The first-order valence-electron chi connectivity index (χ1n) is 18.7. The Bertz CT molecular complexity index is 2080. The summed E-state index contributed by atoms with van der Waals surface area (Å²) in [5.74, 6) is -0.331. The second-order valence-corrected chi connectivity index (χ2v) is 15.0. The molecule has 0 aromatic heterocycles. The van der Waals surface area contributed by atoms with Gasteiger partial charge in [0, 0.05) is 22.4 Å². The second-order valence-electron chi connectivity index (χ2n) is 15.0. The molecule has 288 valence electrons. The summed E-state index contributed by atoms with van der Waals surface area (Å²) in [6, 6.07) is 26.2. The quantitative estimate of drug-likeness (QED) is 0.0952. The van der Waals surface area contributed by atoms with Crippen LogP contribution in [0.3, 0.4) is 0 Å². The van der Waals surface area contributed by atoms with Crippen LogP contribution in [0.4, 0.5) is 11.4 Å². The molecule has 0 spiro atoms. The van der Waals surface area contributed by atoms with Gasteiger partial charge < -0.3 is 19.5 Å². The maximum atomic E-state index is 14.0. The van der Waals surface area contributed by atoms with Gasteiger partial charge in [-0.3, -0.25) is 14.4 Å². The van der Waals surface area contributed by atoms with Crippen LogP contribution in [0.2, 0.25) is 0 Å². The van der Waals surface area contributed by atoms with Gasteiger partial charge in [0.1, 0.15) is 17.2 Å². The number of amides is 2. The van der Waals surface area contributed by atoms with Gasteiger partial charge in [0.15, 0.2) is 11.9 Å². The molecule has 2 amide bonds. The molecule has 55 heavy (non-hydrogen) atoms. The first-order valence-corrected chi connectivity index (χ1v) is 18.7. The summed E-state index contributed by atoms with van der Waals surface area (Å²) >= 11 is 0. The number of carbonyl (C=O) groups excluding carboxylic acids is 4. The number of esters is 1. The number of hydrogen-bond donors (Lipinski definition) is 1. The molecule has 10 heteroatoms. The van der Waals surface area contributed by atoms with E-state index in [9.17, 15) is 19.2 Å². The molecule has 4 aromatic rings. The van der Waals surface area contributed by atoms with Crippen molar-refractivity contribution >= 4 is 40.7 Å². The molecule has 0 bridgehead atoms. The highest BCUT2D eigenvalue weighted by Gasteiger charge is 2.40. The zero-order chi connectivity index (χ0) is 40.1. The van der Waals surface area contributed by atoms with Gasteiger partial charge in [0.25, 0.3) is 11.8 Å². The van der Waals surface area contributed by atoms with E-state index >= 15 is 0 Å². The van der Waals surface area contributed by atoms with Crippen molar-refractivity contribution in [3.63, 3.8) is 0 Å². The first-order chi connectivity index (χ1) is 26.1. The molecule has 2 unspecified atom stereocenters. The van der Waals surface area contributed by atoms with Gasteiger partial charge in [0.05, 0.1) is 18.4 Å². The zero-order valence-corrected chi connectivity index (χ0v) is 33.2. The van der Waals surface area contributed by atoms with Gasteiger partial charge in [-0.05, 0) is 109 Å². The third-order valence-electron chi connectivity index (χ3n) is 10.6. The maximum Gasteiger partial charge on any atom is 0.337 e. The van der Waals surface area contributed by atoms with E-state index in [1.54, 1.807) is 72.8 Å². The standard InChI is InChI=1S/C45H51N3O7/c1-10-37(55-38-25-18-32(44(5,6)11-2)27-36(38)45(7,8)12-3)41(50)46-33-19-21-34(22-20-33)48-42(51)40(54-35-23-16-29(17-24-35)28(4)49)39(47-48)30-14-13-15-31(26-30)43(52)53-9/h13-27,37,40H,10-12H2,1-9H3,(H,46,50). The number of benzene rings is 4. The minimum absolute atomic E-state index is 0.00424. The smallest absolute Gasteiger partial charge is 0.337 e. The number of nitrogens with zero attached hydrogens (tertiary/aromatic N) is 2. The number of ketones is 1. The molecule has 0 fully saturated rings. The molecular formula is C45H51N3O7. The highest BCUT2D eigenvalue weighted by molar-refractivity contribution is 6.24. The van der Waals surface area contributed by atoms with Crippen molar-refractivity contribution in [1.29, 1.82) is 0 Å². The van der Waals surface area contributed by atoms with Crippen molar-refractivity contribution in [3.8, 4) is 11.5 Å². The highest BCUT2D eigenvalue weighted by atomic mass is 16.5. The van der Waals surface area contributed by atoms with Crippen LogP contribution in [0.15, 0.2) is 96.1 Å². The fourth-order valence-corrected chi connectivity index (χ4v) is 6.13. The normalized spacial score (nSPS) is 14.9. The summed E-state index contributed by atoms with van der Waals surface area (Å²) in [6.45, 7) is 16.6. The molecule has 10 nitrogen and oxygen atoms in total. The lowest BCUT2D eigenvalue weighted by Crippen LogP contribution is -2.37. The van der Waals surface area contributed by atoms with Gasteiger partial charge in [-0.15, -0.1) is 0 Å².